The van der Waals surface area contributed by atoms with Crippen molar-refractivity contribution in [2.24, 2.45) is 0 Å². The van der Waals surface area contributed by atoms with E-state index < -0.39 is 0 Å². The third-order valence-electron chi connectivity index (χ3n) is 5.77. The molecule has 0 radical (unpaired) electrons. The average molecular weight is 416 g/mol. The summed E-state index contributed by atoms with van der Waals surface area (Å²) in [5.41, 5.74) is 6.08. The lowest BCUT2D eigenvalue weighted by atomic mass is 9.90. The minimum Gasteiger partial charge on any atom is -0.497 e. The van der Waals surface area contributed by atoms with Crippen molar-refractivity contribution in [2.45, 2.75) is 25.9 Å². The van der Waals surface area contributed by atoms with E-state index in [1.54, 1.807) is 7.11 Å². The first-order chi connectivity index (χ1) is 15.2. The maximum atomic E-state index is 9.04. The number of aliphatic hydroxyl groups excluding tert-OH is 1. The van der Waals surface area contributed by atoms with Crippen molar-refractivity contribution < 1.29 is 14.6 Å². The van der Waals surface area contributed by atoms with Gasteiger partial charge in [0.05, 0.1) is 19.8 Å². The van der Waals surface area contributed by atoms with Crippen molar-refractivity contribution >= 4 is 5.57 Å². The fourth-order valence-corrected chi connectivity index (χ4v) is 3.96. The molecule has 0 aliphatic carbocycles. The molecule has 4 nitrogen and oxygen atoms in total. The lowest BCUT2D eigenvalue weighted by Gasteiger charge is -2.34. The van der Waals surface area contributed by atoms with Crippen LogP contribution >= 0.6 is 0 Å². The number of methoxy groups -OCH3 is 1. The van der Waals surface area contributed by atoms with Crippen LogP contribution in [0.15, 0.2) is 79.0 Å². The molecule has 0 saturated heterocycles. The van der Waals surface area contributed by atoms with Crippen LogP contribution in [0.4, 0.5) is 0 Å². The normalized spacial score (nSPS) is 13.9. The van der Waals surface area contributed by atoms with E-state index in [9.17, 15) is 0 Å². The summed E-state index contributed by atoms with van der Waals surface area (Å²) in [7, 11) is 1.69. The molecule has 4 heteroatoms. The van der Waals surface area contributed by atoms with Gasteiger partial charge in [-0.3, -0.25) is 0 Å². The lowest BCUT2D eigenvalue weighted by molar-refractivity contribution is 0.233. The van der Waals surface area contributed by atoms with Gasteiger partial charge in [-0.05, 0) is 53.4 Å². The zero-order valence-corrected chi connectivity index (χ0v) is 18.1. The smallest absolute Gasteiger partial charge is 0.119 e. The molecule has 160 valence electrons. The van der Waals surface area contributed by atoms with Crippen molar-refractivity contribution in [1.29, 1.82) is 0 Å². The third-order valence-corrected chi connectivity index (χ3v) is 5.77. The van der Waals surface area contributed by atoms with Crippen molar-refractivity contribution in [3.05, 3.63) is 101 Å². The molecule has 0 spiro atoms. The molecule has 1 aliphatic heterocycles. The van der Waals surface area contributed by atoms with Gasteiger partial charge >= 0.3 is 0 Å². The van der Waals surface area contributed by atoms with Gasteiger partial charge in [-0.25, -0.2) is 0 Å². The van der Waals surface area contributed by atoms with E-state index in [0.29, 0.717) is 13.0 Å². The van der Waals surface area contributed by atoms with Gasteiger partial charge in [0.2, 0.25) is 0 Å². The number of hydrogen-bond acceptors (Lipinski definition) is 4. The highest BCUT2D eigenvalue weighted by Crippen LogP contribution is 2.37. The van der Waals surface area contributed by atoms with Gasteiger partial charge in [0, 0.05) is 31.3 Å². The number of fused-ring (bicyclic) bond motifs is 1. The standard InChI is InChI=1S/C27H29NO3/c1-20(21-7-4-3-5-8-21)28-18-23-17-25(31-16-6-15-29)13-14-26(23)27(19-28)22-9-11-24(30-2)12-10-22/h3-5,7-14,17,19-20,29H,6,15-16,18H2,1-2H3. The maximum Gasteiger partial charge on any atom is 0.119 e. The molecule has 0 aromatic heterocycles. The summed E-state index contributed by atoms with van der Waals surface area (Å²) in [6, 6.07) is 25.3. The van der Waals surface area contributed by atoms with Gasteiger partial charge in [0.1, 0.15) is 11.5 Å². The minimum absolute atomic E-state index is 0.137. The highest BCUT2D eigenvalue weighted by molar-refractivity contribution is 5.82. The van der Waals surface area contributed by atoms with Gasteiger partial charge < -0.3 is 19.5 Å². The average Bonchev–Trinajstić information content (AvgIpc) is 2.83. The quantitative estimate of drug-likeness (QED) is 0.499. The Bertz CT molecular complexity index is 1030. The largest absolute Gasteiger partial charge is 0.497 e. The summed E-state index contributed by atoms with van der Waals surface area (Å²) in [6.07, 6.45) is 2.90. The van der Waals surface area contributed by atoms with E-state index >= 15 is 0 Å². The highest BCUT2D eigenvalue weighted by Gasteiger charge is 2.23. The molecule has 1 aliphatic rings. The Hall–Kier alpha value is -3.24. The van der Waals surface area contributed by atoms with Gasteiger partial charge in [0.25, 0.3) is 0 Å². The number of rotatable bonds is 8. The molecular formula is C27H29NO3. The molecule has 31 heavy (non-hydrogen) atoms. The van der Waals surface area contributed by atoms with Crippen LogP contribution in [-0.2, 0) is 6.54 Å². The maximum absolute atomic E-state index is 9.04. The van der Waals surface area contributed by atoms with Crippen LogP contribution in [0.3, 0.4) is 0 Å². The third kappa shape index (κ3) is 4.75. The van der Waals surface area contributed by atoms with E-state index in [1.165, 1.54) is 22.3 Å². The molecular weight excluding hydrogens is 386 g/mol. The van der Waals surface area contributed by atoms with E-state index in [0.717, 1.165) is 23.6 Å². The summed E-state index contributed by atoms with van der Waals surface area (Å²) >= 11 is 0. The lowest BCUT2D eigenvalue weighted by Crippen LogP contribution is -2.25. The predicted octanol–water partition coefficient (Wildman–Crippen LogP) is 5.42. The van der Waals surface area contributed by atoms with E-state index in [4.69, 9.17) is 14.6 Å². The van der Waals surface area contributed by atoms with Crippen molar-refractivity contribution in [1.82, 2.24) is 4.90 Å². The molecule has 0 saturated carbocycles. The van der Waals surface area contributed by atoms with E-state index in [-0.39, 0.29) is 12.6 Å². The zero-order chi connectivity index (χ0) is 21.6. The van der Waals surface area contributed by atoms with Crippen LogP contribution in [0.5, 0.6) is 11.5 Å². The number of ether oxygens (including phenoxy) is 2. The van der Waals surface area contributed by atoms with Crippen molar-refractivity contribution in [2.75, 3.05) is 20.3 Å². The Kier molecular flexibility index (Phi) is 6.58. The fraction of sp³-hybridized carbons (Fsp3) is 0.259. The molecule has 1 atom stereocenters. The molecule has 0 amide bonds. The SMILES string of the molecule is COc1ccc(C2=CN(C(C)c3ccccc3)Cc3cc(OCCCO)ccc32)cc1. The van der Waals surface area contributed by atoms with E-state index in [2.05, 4.69) is 72.6 Å². The molecule has 1 heterocycles. The topological polar surface area (TPSA) is 41.9 Å². The van der Waals surface area contributed by atoms with Gasteiger partial charge in [-0.15, -0.1) is 0 Å². The number of hydrogen-bond donors (Lipinski definition) is 1. The second-order valence-electron chi connectivity index (χ2n) is 7.77. The first-order valence-electron chi connectivity index (χ1n) is 10.7. The first kappa shape index (κ1) is 21.0. The number of aliphatic hydroxyl groups is 1. The molecule has 0 fully saturated rings. The highest BCUT2D eigenvalue weighted by atomic mass is 16.5. The predicted molar refractivity (Wildman–Crippen MR) is 124 cm³/mol. The number of nitrogens with zero attached hydrogens (tertiary/aromatic N) is 1. The summed E-state index contributed by atoms with van der Waals surface area (Å²) in [5.74, 6) is 1.69. The monoisotopic (exact) mass is 415 g/mol. The second kappa shape index (κ2) is 9.71. The minimum atomic E-state index is 0.137. The van der Waals surface area contributed by atoms with Crippen LogP contribution in [0, 0.1) is 0 Å². The summed E-state index contributed by atoms with van der Waals surface area (Å²) in [5, 5.41) is 9.04. The molecule has 1 N–H and O–H groups in total. The van der Waals surface area contributed by atoms with Crippen LogP contribution in [0.1, 0.15) is 41.6 Å². The summed E-state index contributed by atoms with van der Waals surface area (Å²) < 4.78 is 11.2. The van der Waals surface area contributed by atoms with E-state index in [1.807, 2.05) is 18.2 Å². The molecule has 3 aromatic rings. The van der Waals surface area contributed by atoms with Gasteiger partial charge in [-0.2, -0.15) is 0 Å². The Morgan fingerprint density at radius 1 is 0.968 bits per heavy atom. The first-order valence-corrected chi connectivity index (χ1v) is 10.7. The Balaban J connectivity index is 1.71. The fourth-order valence-electron chi connectivity index (χ4n) is 3.96. The van der Waals surface area contributed by atoms with Crippen LogP contribution in [0.25, 0.3) is 5.57 Å². The van der Waals surface area contributed by atoms with Crippen LogP contribution in [0.2, 0.25) is 0 Å². The summed E-state index contributed by atoms with van der Waals surface area (Å²) in [4.78, 5) is 2.38. The Morgan fingerprint density at radius 3 is 2.42 bits per heavy atom. The second-order valence-corrected chi connectivity index (χ2v) is 7.77. The molecule has 4 rings (SSSR count). The van der Waals surface area contributed by atoms with Gasteiger partial charge in [-0.1, -0.05) is 48.5 Å². The molecule has 0 bridgehead atoms. The van der Waals surface area contributed by atoms with Crippen molar-refractivity contribution in [3.63, 3.8) is 0 Å². The Morgan fingerprint density at radius 2 is 1.71 bits per heavy atom. The van der Waals surface area contributed by atoms with Crippen LogP contribution in [-0.4, -0.2) is 30.3 Å². The molecule has 3 aromatic carbocycles. The van der Waals surface area contributed by atoms with Crippen LogP contribution < -0.4 is 9.47 Å². The Labute approximate surface area is 184 Å². The van der Waals surface area contributed by atoms with Gasteiger partial charge in [0.15, 0.2) is 0 Å². The zero-order valence-electron chi connectivity index (χ0n) is 18.1. The number of benzene rings is 3. The summed E-state index contributed by atoms with van der Waals surface area (Å²) in [6.45, 7) is 3.70. The molecule has 1 unspecified atom stereocenters. The van der Waals surface area contributed by atoms with Crippen molar-refractivity contribution in [3.8, 4) is 11.5 Å².